The highest BCUT2D eigenvalue weighted by Gasteiger charge is 2.05. The Hall–Kier alpha value is 0.01000. The van der Waals surface area contributed by atoms with Crippen molar-refractivity contribution in [2.24, 2.45) is 0 Å². The Morgan fingerprint density at radius 2 is 1.60 bits per heavy atom. The normalized spacial score (nSPS) is 12.6. The number of unbranched alkanes of at least 4 members (excludes halogenated alkanes) is 6. The second-order valence-corrected chi connectivity index (χ2v) is 7.34. The maximum absolute atomic E-state index is 9.98. The lowest BCUT2D eigenvalue weighted by Crippen LogP contribution is -2.09. The Morgan fingerprint density at radius 3 is 2.25 bits per heavy atom. The molecular weight excluding hydrogens is 332 g/mol. The molecule has 0 aromatic heterocycles. The number of halogens is 1. The van der Waals surface area contributed by atoms with Crippen molar-refractivity contribution in [2.75, 3.05) is 5.75 Å². The molecule has 0 saturated carbocycles. The predicted octanol–water partition coefficient (Wildman–Crippen LogP) is 6.04. The standard InChI is InChI=1S/C17H27BrOS/c1-2-3-4-5-6-7-8-9-16(19)14-20-17-12-10-15(18)11-13-17/h10-13,16,19H,2-9,14H2,1H3. The maximum Gasteiger partial charge on any atom is 0.0634 e. The average molecular weight is 359 g/mol. The molecule has 0 radical (unpaired) electrons. The van der Waals surface area contributed by atoms with Gasteiger partial charge in [0, 0.05) is 15.1 Å². The molecule has 0 bridgehead atoms. The van der Waals surface area contributed by atoms with E-state index in [9.17, 15) is 5.11 Å². The summed E-state index contributed by atoms with van der Waals surface area (Å²) >= 11 is 5.17. The molecule has 3 heteroatoms. The van der Waals surface area contributed by atoms with Gasteiger partial charge in [-0.15, -0.1) is 11.8 Å². The van der Waals surface area contributed by atoms with Crippen molar-refractivity contribution in [2.45, 2.75) is 69.3 Å². The molecule has 1 rings (SSSR count). The third kappa shape index (κ3) is 9.04. The zero-order chi connectivity index (χ0) is 14.6. The van der Waals surface area contributed by atoms with Crippen molar-refractivity contribution in [3.8, 4) is 0 Å². The molecule has 1 N–H and O–H groups in total. The van der Waals surface area contributed by atoms with E-state index in [4.69, 9.17) is 0 Å². The van der Waals surface area contributed by atoms with Crippen molar-refractivity contribution in [1.82, 2.24) is 0 Å². The molecule has 114 valence electrons. The summed E-state index contributed by atoms with van der Waals surface area (Å²) in [5.41, 5.74) is 0. The SMILES string of the molecule is CCCCCCCCCC(O)CSc1ccc(Br)cc1. The van der Waals surface area contributed by atoms with Crippen LogP contribution in [-0.2, 0) is 0 Å². The van der Waals surface area contributed by atoms with Crippen molar-refractivity contribution < 1.29 is 5.11 Å². The van der Waals surface area contributed by atoms with Gasteiger partial charge in [0.2, 0.25) is 0 Å². The first kappa shape index (κ1) is 18.1. The highest BCUT2D eigenvalue weighted by molar-refractivity contribution is 9.10. The Balaban J connectivity index is 2.00. The van der Waals surface area contributed by atoms with Crippen LogP contribution in [0.5, 0.6) is 0 Å². The number of hydrogen-bond acceptors (Lipinski definition) is 2. The van der Waals surface area contributed by atoms with E-state index in [1.807, 2.05) is 12.1 Å². The van der Waals surface area contributed by atoms with Crippen molar-refractivity contribution in [3.63, 3.8) is 0 Å². The zero-order valence-corrected chi connectivity index (χ0v) is 14.9. The van der Waals surface area contributed by atoms with E-state index in [-0.39, 0.29) is 6.10 Å². The third-order valence-electron chi connectivity index (χ3n) is 3.40. The predicted molar refractivity (Wildman–Crippen MR) is 93.5 cm³/mol. The number of aliphatic hydroxyl groups is 1. The summed E-state index contributed by atoms with van der Waals surface area (Å²) in [6.45, 7) is 2.25. The first-order chi connectivity index (χ1) is 9.72. The van der Waals surface area contributed by atoms with Crippen molar-refractivity contribution >= 4 is 27.7 Å². The summed E-state index contributed by atoms with van der Waals surface area (Å²) in [5, 5.41) is 9.98. The number of rotatable bonds is 11. The molecule has 0 heterocycles. The lowest BCUT2D eigenvalue weighted by Gasteiger charge is -2.10. The summed E-state index contributed by atoms with van der Waals surface area (Å²) in [5.74, 6) is 0.803. The van der Waals surface area contributed by atoms with E-state index in [0.29, 0.717) is 0 Å². The molecule has 20 heavy (non-hydrogen) atoms. The average Bonchev–Trinajstić information content (AvgIpc) is 2.46. The van der Waals surface area contributed by atoms with Gasteiger partial charge in [-0.25, -0.2) is 0 Å². The number of thioether (sulfide) groups is 1. The lowest BCUT2D eigenvalue weighted by molar-refractivity contribution is 0.185. The van der Waals surface area contributed by atoms with Gasteiger partial charge < -0.3 is 5.11 Å². The van der Waals surface area contributed by atoms with Crippen LogP contribution in [0.15, 0.2) is 33.6 Å². The summed E-state index contributed by atoms with van der Waals surface area (Å²) in [6, 6.07) is 8.28. The molecule has 0 fully saturated rings. The molecule has 0 amide bonds. The second kappa shape index (κ2) is 11.6. The largest absolute Gasteiger partial charge is 0.392 e. The smallest absolute Gasteiger partial charge is 0.0634 e. The Kier molecular flexibility index (Phi) is 10.5. The summed E-state index contributed by atoms with van der Waals surface area (Å²) in [7, 11) is 0. The minimum absolute atomic E-state index is 0.167. The van der Waals surface area contributed by atoms with E-state index in [1.54, 1.807) is 11.8 Å². The van der Waals surface area contributed by atoms with Crippen LogP contribution in [0.4, 0.5) is 0 Å². The molecule has 1 aromatic carbocycles. The van der Waals surface area contributed by atoms with E-state index < -0.39 is 0 Å². The molecule has 0 aliphatic rings. The first-order valence-electron chi connectivity index (χ1n) is 7.78. The van der Waals surface area contributed by atoms with Gasteiger partial charge in [0.1, 0.15) is 0 Å². The maximum atomic E-state index is 9.98. The fourth-order valence-corrected chi connectivity index (χ4v) is 3.29. The number of hydrogen-bond donors (Lipinski definition) is 1. The van der Waals surface area contributed by atoms with Crippen LogP contribution in [0, 0.1) is 0 Å². The van der Waals surface area contributed by atoms with Crippen molar-refractivity contribution in [1.29, 1.82) is 0 Å². The quantitative estimate of drug-likeness (QED) is 0.384. The van der Waals surface area contributed by atoms with Gasteiger partial charge in [0.05, 0.1) is 6.10 Å². The van der Waals surface area contributed by atoms with E-state index >= 15 is 0 Å². The van der Waals surface area contributed by atoms with Crippen LogP contribution in [0.1, 0.15) is 58.3 Å². The molecular formula is C17H27BrOS. The van der Waals surface area contributed by atoms with E-state index in [2.05, 4.69) is 35.0 Å². The monoisotopic (exact) mass is 358 g/mol. The van der Waals surface area contributed by atoms with Crippen LogP contribution >= 0.6 is 27.7 Å². The molecule has 0 saturated heterocycles. The molecule has 0 aliphatic heterocycles. The number of aliphatic hydroxyl groups excluding tert-OH is 1. The van der Waals surface area contributed by atoms with Crippen LogP contribution in [0.25, 0.3) is 0 Å². The minimum Gasteiger partial charge on any atom is -0.392 e. The summed E-state index contributed by atoms with van der Waals surface area (Å²) in [4.78, 5) is 1.23. The van der Waals surface area contributed by atoms with E-state index in [0.717, 1.165) is 23.1 Å². The topological polar surface area (TPSA) is 20.2 Å². The summed E-state index contributed by atoms with van der Waals surface area (Å²) < 4.78 is 1.10. The third-order valence-corrected chi connectivity index (χ3v) is 5.08. The zero-order valence-electron chi connectivity index (χ0n) is 12.5. The van der Waals surface area contributed by atoms with Gasteiger partial charge in [-0.3, -0.25) is 0 Å². The summed E-state index contributed by atoms with van der Waals surface area (Å²) in [6.07, 6.45) is 9.94. The lowest BCUT2D eigenvalue weighted by atomic mass is 10.1. The highest BCUT2D eigenvalue weighted by Crippen LogP contribution is 2.22. The fourth-order valence-electron chi connectivity index (χ4n) is 2.14. The molecule has 1 aromatic rings. The number of benzene rings is 1. The van der Waals surface area contributed by atoms with E-state index in [1.165, 1.54) is 43.4 Å². The van der Waals surface area contributed by atoms with Crippen LogP contribution in [-0.4, -0.2) is 17.0 Å². The second-order valence-electron chi connectivity index (χ2n) is 5.33. The molecule has 1 nitrogen and oxygen atoms in total. The highest BCUT2D eigenvalue weighted by atomic mass is 79.9. The van der Waals surface area contributed by atoms with Gasteiger partial charge in [-0.1, -0.05) is 67.8 Å². The van der Waals surface area contributed by atoms with Gasteiger partial charge in [-0.2, -0.15) is 0 Å². The Bertz CT molecular complexity index is 339. The minimum atomic E-state index is -0.167. The van der Waals surface area contributed by atoms with Crippen LogP contribution < -0.4 is 0 Å². The van der Waals surface area contributed by atoms with Gasteiger partial charge in [-0.05, 0) is 30.7 Å². The Morgan fingerprint density at radius 1 is 1.00 bits per heavy atom. The van der Waals surface area contributed by atoms with Crippen LogP contribution in [0.3, 0.4) is 0 Å². The fraction of sp³-hybridized carbons (Fsp3) is 0.647. The van der Waals surface area contributed by atoms with Crippen LogP contribution in [0.2, 0.25) is 0 Å². The molecule has 1 unspecified atom stereocenters. The van der Waals surface area contributed by atoms with Gasteiger partial charge in [0.15, 0.2) is 0 Å². The van der Waals surface area contributed by atoms with Gasteiger partial charge >= 0.3 is 0 Å². The molecule has 0 spiro atoms. The Labute approximate surface area is 136 Å². The van der Waals surface area contributed by atoms with Crippen molar-refractivity contribution in [3.05, 3.63) is 28.7 Å². The first-order valence-corrected chi connectivity index (χ1v) is 9.56. The molecule has 0 aliphatic carbocycles. The molecule has 1 atom stereocenters. The van der Waals surface area contributed by atoms with Gasteiger partial charge in [0.25, 0.3) is 0 Å².